The van der Waals surface area contributed by atoms with Gasteiger partial charge in [-0.3, -0.25) is 14.9 Å². The molecule has 0 saturated heterocycles. The van der Waals surface area contributed by atoms with E-state index in [1.165, 1.54) is 5.56 Å². The predicted molar refractivity (Wildman–Crippen MR) is 113 cm³/mol. The summed E-state index contributed by atoms with van der Waals surface area (Å²) in [5, 5.41) is 7.88. The smallest absolute Gasteiger partial charge is 0.321 e. The van der Waals surface area contributed by atoms with Crippen molar-refractivity contribution in [3.8, 4) is 0 Å². The quantitative estimate of drug-likeness (QED) is 0.744. The molecule has 1 aliphatic heterocycles. The van der Waals surface area contributed by atoms with Gasteiger partial charge in [-0.05, 0) is 63.1 Å². The average molecular weight is 394 g/mol. The lowest BCUT2D eigenvalue weighted by Crippen LogP contribution is -2.49. The lowest BCUT2D eigenvalue weighted by atomic mass is 10.1. The molecule has 7 heteroatoms. The van der Waals surface area contributed by atoms with Gasteiger partial charge in [0.1, 0.15) is 0 Å². The van der Waals surface area contributed by atoms with E-state index in [0.29, 0.717) is 17.8 Å². The van der Waals surface area contributed by atoms with E-state index in [4.69, 9.17) is 0 Å². The summed E-state index contributed by atoms with van der Waals surface area (Å²) in [5.74, 6) is -0.487. The first-order chi connectivity index (χ1) is 13.7. The van der Waals surface area contributed by atoms with Crippen LogP contribution in [-0.2, 0) is 11.2 Å². The van der Waals surface area contributed by atoms with Gasteiger partial charge in [0.05, 0.1) is 6.54 Å². The van der Waals surface area contributed by atoms with Crippen LogP contribution in [0.3, 0.4) is 0 Å². The van der Waals surface area contributed by atoms with E-state index >= 15 is 0 Å². The minimum atomic E-state index is -0.531. The lowest BCUT2D eigenvalue weighted by Gasteiger charge is -2.20. The van der Waals surface area contributed by atoms with E-state index in [0.717, 1.165) is 12.1 Å². The molecule has 1 heterocycles. The van der Waals surface area contributed by atoms with E-state index in [9.17, 15) is 14.4 Å². The predicted octanol–water partition coefficient (Wildman–Crippen LogP) is 2.93. The van der Waals surface area contributed by atoms with Crippen molar-refractivity contribution in [1.82, 2.24) is 10.6 Å². The van der Waals surface area contributed by atoms with Gasteiger partial charge in [0.15, 0.2) is 0 Å². The molecule has 1 aliphatic rings. The van der Waals surface area contributed by atoms with Crippen molar-refractivity contribution in [2.45, 2.75) is 32.7 Å². The molecule has 29 heavy (non-hydrogen) atoms. The second-order valence-corrected chi connectivity index (χ2v) is 8.02. The Labute approximate surface area is 170 Å². The summed E-state index contributed by atoms with van der Waals surface area (Å²) in [6, 6.07) is 14.4. The van der Waals surface area contributed by atoms with Crippen molar-refractivity contribution in [1.29, 1.82) is 0 Å². The first-order valence-corrected chi connectivity index (χ1v) is 9.59. The molecule has 0 bridgehead atoms. The van der Waals surface area contributed by atoms with Crippen LogP contribution in [0.5, 0.6) is 0 Å². The van der Waals surface area contributed by atoms with Crippen LogP contribution in [0, 0.1) is 0 Å². The molecule has 0 aromatic heterocycles. The summed E-state index contributed by atoms with van der Waals surface area (Å²) in [4.78, 5) is 38.2. The van der Waals surface area contributed by atoms with Crippen molar-refractivity contribution < 1.29 is 14.4 Å². The maximum atomic E-state index is 12.8. The molecular formula is C22H26N4O3. The maximum absolute atomic E-state index is 12.8. The number of benzene rings is 2. The van der Waals surface area contributed by atoms with Crippen LogP contribution in [0.1, 0.15) is 36.7 Å². The fourth-order valence-electron chi connectivity index (χ4n) is 3.16. The standard InChI is InChI=1S/C22H26N4O3/c1-22(2,3)25-21(29)24-19(27)14-23-17-10-8-16(9-11-17)20(28)26-13-12-15-6-4-5-7-18(15)26/h4-11,23H,12-14H2,1-3H3,(H2,24,25,27,29). The Morgan fingerprint density at radius 3 is 2.38 bits per heavy atom. The topological polar surface area (TPSA) is 90.5 Å². The molecule has 0 fully saturated rings. The van der Waals surface area contributed by atoms with E-state index in [-0.39, 0.29) is 12.5 Å². The number of nitrogens with one attached hydrogen (secondary N) is 3. The summed E-state index contributed by atoms with van der Waals surface area (Å²) in [7, 11) is 0. The number of anilines is 2. The van der Waals surface area contributed by atoms with Crippen molar-refractivity contribution in [3.05, 3.63) is 59.7 Å². The number of hydrogen-bond acceptors (Lipinski definition) is 4. The molecule has 0 aliphatic carbocycles. The zero-order chi connectivity index (χ0) is 21.0. The Kier molecular flexibility index (Phi) is 5.87. The number of imide groups is 1. The second-order valence-electron chi connectivity index (χ2n) is 8.02. The molecule has 2 aromatic rings. The van der Waals surface area contributed by atoms with Crippen molar-refractivity contribution >= 4 is 29.2 Å². The Morgan fingerprint density at radius 1 is 1.00 bits per heavy atom. The highest BCUT2D eigenvalue weighted by molar-refractivity contribution is 6.07. The van der Waals surface area contributed by atoms with Crippen LogP contribution >= 0.6 is 0 Å². The minimum absolute atomic E-state index is 0.0434. The van der Waals surface area contributed by atoms with Crippen LogP contribution in [0.4, 0.5) is 16.2 Å². The highest BCUT2D eigenvalue weighted by Gasteiger charge is 2.25. The first-order valence-electron chi connectivity index (χ1n) is 9.59. The van der Waals surface area contributed by atoms with Crippen LogP contribution < -0.4 is 20.9 Å². The maximum Gasteiger partial charge on any atom is 0.321 e. The zero-order valence-corrected chi connectivity index (χ0v) is 16.9. The van der Waals surface area contributed by atoms with Gasteiger partial charge >= 0.3 is 6.03 Å². The van der Waals surface area contributed by atoms with Crippen molar-refractivity contribution in [2.75, 3.05) is 23.3 Å². The third kappa shape index (κ3) is 5.34. The fourth-order valence-corrected chi connectivity index (χ4v) is 3.16. The Bertz CT molecular complexity index is 916. The molecule has 0 spiro atoms. The Morgan fingerprint density at radius 2 is 1.69 bits per heavy atom. The number of rotatable bonds is 4. The van der Waals surface area contributed by atoms with Gasteiger partial charge in [-0.15, -0.1) is 0 Å². The van der Waals surface area contributed by atoms with Crippen LogP contribution in [-0.4, -0.2) is 36.5 Å². The summed E-state index contributed by atoms with van der Waals surface area (Å²) in [6.45, 7) is 6.12. The minimum Gasteiger partial charge on any atom is -0.376 e. The zero-order valence-electron chi connectivity index (χ0n) is 16.9. The first kappa shape index (κ1) is 20.4. The number of hydrogen-bond donors (Lipinski definition) is 3. The van der Waals surface area contributed by atoms with E-state index in [1.54, 1.807) is 29.2 Å². The Hall–Kier alpha value is -3.35. The third-order valence-corrected chi connectivity index (χ3v) is 4.46. The molecule has 2 aromatic carbocycles. The monoisotopic (exact) mass is 394 g/mol. The fraction of sp³-hybridized carbons (Fsp3) is 0.318. The number of carbonyl (C=O) groups excluding carboxylic acids is 3. The number of amides is 4. The molecular weight excluding hydrogens is 368 g/mol. The molecule has 7 nitrogen and oxygen atoms in total. The lowest BCUT2D eigenvalue weighted by molar-refractivity contribution is -0.118. The second kappa shape index (κ2) is 8.34. The number of para-hydroxylation sites is 1. The van der Waals surface area contributed by atoms with Crippen LogP contribution in [0.25, 0.3) is 0 Å². The summed E-state index contributed by atoms with van der Waals surface area (Å²) in [6.07, 6.45) is 0.861. The molecule has 4 amide bonds. The molecule has 152 valence electrons. The van der Waals surface area contributed by atoms with Gasteiger partial charge in [0, 0.05) is 29.0 Å². The van der Waals surface area contributed by atoms with Gasteiger partial charge in [0.25, 0.3) is 5.91 Å². The van der Waals surface area contributed by atoms with Crippen molar-refractivity contribution in [2.24, 2.45) is 0 Å². The van der Waals surface area contributed by atoms with Crippen LogP contribution in [0.15, 0.2) is 48.5 Å². The van der Waals surface area contributed by atoms with Gasteiger partial charge in [-0.1, -0.05) is 18.2 Å². The summed E-state index contributed by atoms with van der Waals surface area (Å²) in [5.41, 5.74) is 3.00. The van der Waals surface area contributed by atoms with Gasteiger partial charge in [-0.25, -0.2) is 4.79 Å². The SMILES string of the molecule is CC(C)(C)NC(=O)NC(=O)CNc1ccc(C(=O)N2CCc3ccccc32)cc1. The van der Waals surface area contributed by atoms with Gasteiger partial charge in [0.2, 0.25) is 5.91 Å². The number of nitrogens with zero attached hydrogens (tertiary/aromatic N) is 1. The summed E-state index contributed by atoms with van der Waals surface area (Å²) >= 11 is 0. The third-order valence-electron chi connectivity index (χ3n) is 4.46. The summed E-state index contributed by atoms with van der Waals surface area (Å²) < 4.78 is 0. The highest BCUT2D eigenvalue weighted by atomic mass is 16.2. The highest BCUT2D eigenvalue weighted by Crippen LogP contribution is 2.29. The van der Waals surface area contributed by atoms with Gasteiger partial charge < -0.3 is 15.5 Å². The van der Waals surface area contributed by atoms with Gasteiger partial charge in [-0.2, -0.15) is 0 Å². The molecule has 0 unspecified atom stereocenters. The molecule has 3 rings (SSSR count). The number of urea groups is 1. The largest absolute Gasteiger partial charge is 0.376 e. The molecule has 0 atom stereocenters. The molecule has 3 N–H and O–H groups in total. The molecule has 0 saturated carbocycles. The average Bonchev–Trinajstić information content (AvgIpc) is 3.09. The normalized spacial score (nSPS) is 12.9. The molecule has 0 radical (unpaired) electrons. The van der Waals surface area contributed by atoms with Crippen LogP contribution in [0.2, 0.25) is 0 Å². The Balaban J connectivity index is 1.54. The van der Waals surface area contributed by atoms with Crippen molar-refractivity contribution in [3.63, 3.8) is 0 Å². The van der Waals surface area contributed by atoms with E-state index in [2.05, 4.69) is 16.0 Å². The van der Waals surface area contributed by atoms with E-state index in [1.807, 2.05) is 45.0 Å². The number of carbonyl (C=O) groups is 3. The van der Waals surface area contributed by atoms with E-state index < -0.39 is 17.5 Å². The number of fused-ring (bicyclic) bond motifs is 1.